The van der Waals surface area contributed by atoms with Crippen molar-refractivity contribution in [3.05, 3.63) is 83.4 Å². The van der Waals surface area contributed by atoms with Gasteiger partial charge in [0, 0.05) is 0 Å². The fourth-order valence-electron chi connectivity index (χ4n) is 2.19. The molecule has 0 aromatic heterocycles. The Labute approximate surface area is 108 Å². The van der Waals surface area contributed by atoms with Crippen LogP contribution >= 0.6 is 0 Å². The Morgan fingerprint density at radius 2 is 1.28 bits per heavy atom. The number of aliphatic hydroxyl groups is 1. The second kappa shape index (κ2) is 5.19. The molecular weight excluding hydrogens is 220 g/mol. The first-order valence-corrected chi connectivity index (χ1v) is 6.16. The van der Waals surface area contributed by atoms with Gasteiger partial charge in [-0.25, -0.2) is 0 Å². The van der Waals surface area contributed by atoms with Crippen LogP contribution in [0.4, 0.5) is 0 Å². The molecule has 0 radical (unpaired) electrons. The van der Waals surface area contributed by atoms with E-state index in [-0.39, 0.29) is 0 Å². The third kappa shape index (κ3) is 2.09. The minimum atomic E-state index is -1.04. The zero-order valence-electron chi connectivity index (χ0n) is 10.8. The van der Waals surface area contributed by atoms with Crippen molar-refractivity contribution < 1.29 is 5.11 Å². The van der Waals surface area contributed by atoms with Gasteiger partial charge in [0.2, 0.25) is 0 Å². The van der Waals surface area contributed by atoms with Gasteiger partial charge in [0.15, 0.2) is 0 Å². The van der Waals surface area contributed by atoms with Crippen molar-refractivity contribution in [2.45, 2.75) is 19.4 Å². The van der Waals surface area contributed by atoms with Gasteiger partial charge >= 0.3 is 0 Å². The smallest absolute Gasteiger partial charge is 0.136 e. The summed E-state index contributed by atoms with van der Waals surface area (Å²) in [6.45, 7) is 3.91. The monoisotopic (exact) mass is 238 g/mol. The summed E-state index contributed by atoms with van der Waals surface area (Å²) in [7, 11) is 0. The lowest BCUT2D eigenvalue weighted by molar-refractivity contribution is 0.121. The molecule has 0 spiro atoms. The number of hydrogen-bond acceptors (Lipinski definition) is 1. The molecule has 2 aromatic carbocycles. The summed E-state index contributed by atoms with van der Waals surface area (Å²) in [5.74, 6) is 0. The highest BCUT2D eigenvalue weighted by Gasteiger charge is 2.32. The lowest BCUT2D eigenvalue weighted by atomic mass is 9.80. The van der Waals surface area contributed by atoms with Crippen molar-refractivity contribution >= 4 is 0 Å². The zero-order chi connectivity index (χ0) is 13.0. The van der Waals surface area contributed by atoms with E-state index in [0.717, 1.165) is 16.7 Å². The van der Waals surface area contributed by atoms with Gasteiger partial charge in [-0.2, -0.15) is 0 Å². The molecule has 0 saturated heterocycles. The number of benzene rings is 2. The highest BCUT2D eigenvalue weighted by molar-refractivity contribution is 5.44. The molecule has 0 aliphatic rings. The van der Waals surface area contributed by atoms with Gasteiger partial charge in [-0.05, 0) is 30.5 Å². The van der Waals surface area contributed by atoms with E-state index < -0.39 is 5.60 Å². The molecule has 0 heterocycles. The molecule has 0 aliphatic carbocycles. The predicted octanol–water partition coefficient (Wildman–Crippen LogP) is 3.89. The second-order valence-corrected chi connectivity index (χ2v) is 4.41. The maximum Gasteiger partial charge on any atom is 0.136 e. The van der Waals surface area contributed by atoms with Crippen LogP contribution < -0.4 is 0 Å². The van der Waals surface area contributed by atoms with Crippen LogP contribution in [0.3, 0.4) is 0 Å². The van der Waals surface area contributed by atoms with Gasteiger partial charge < -0.3 is 5.11 Å². The second-order valence-electron chi connectivity index (χ2n) is 4.41. The van der Waals surface area contributed by atoms with E-state index in [9.17, 15) is 5.11 Å². The summed E-state index contributed by atoms with van der Waals surface area (Å²) in [4.78, 5) is 0. The number of hydrogen-bond donors (Lipinski definition) is 1. The van der Waals surface area contributed by atoms with Gasteiger partial charge in [0.1, 0.15) is 5.60 Å². The van der Waals surface area contributed by atoms with Crippen molar-refractivity contribution in [1.82, 2.24) is 0 Å². The van der Waals surface area contributed by atoms with Gasteiger partial charge in [-0.3, -0.25) is 0 Å². The van der Waals surface area contributed by atoms with Gasteiger partial charge in [0.25, 0.3) is 0 Å². The van der Waals surface area contributed by atoms with Crippen molar-refractivity contribution in [2.24, 2.45) is 0 Å². The summed E-state index contributed by atoms with van der Waals surface area (Å²) in [5, 5.41) is 11.2. The Hall–Kier alpha value is -1.86. The molecule has 0 saturated carbocycles. The van der Waals surface area contributed by atoms with Crippen LogP contribution in [-0.4, -0.2) is 5.11 Å². The normalized spacial score (nSPS) is 12.5. The highest BCUT2D eigenvalue weighted by atomic mass is 16.3. The Bertz CT molecular complexity index is 487. The topological polar surface area (TPSA) is 20.2 Å². The third-order valence-corrected chi connectivity index (χ3v) is 3.39. The zero-order valence-corrected chi connectivity index (χ0v) is 10.8. The molecule has 0 unspecified atom stereocenters. The molecule has 0 fully saturated rings. The van der Waals surface area contributed by atoms with Crippen LogP contribution in [0.5, 0.6) is 0 Å². The molecule has 1 N–H and O–H groups in total. The van der Waals surface area contributed by atoms with Crippen molar-refractivity contribution in [3.63, 3.8) is 0 Å². The van der Waals surface area contributed by atoms with Crippen LogP contribution in [0.25, 0.3) is 0 Å². The van der Waals surface area contributed by atoms with E-state index in [0.29, 0.717) is 0 Å². The molecule has 0 aliphatic heterocycles. The van der Waals surface area contributed by atoms with Crippen LogP contribution in [0.1, 0.15) is 25.0 Å². The quantitative estimate of drug-likeness (QED) is 0.804. The van der Waals surface area contributed by atoms with E-state index in [4.69, 9.17) is 0 Å². The minimum absolute atomic E-state index is 0.895. The predicted molar refractivity (Wildman–Crippen MR) is 75.3 cm³/mol. The van der Waals surface area contributed by atoms with E-state index in [1.165, 1.54) is 0 Å². The van der Waals surface area contributed by atoms with Crippen molar-refractivity contribution in [1.29, 1.82) is 0 Å². The molecule has 0 bridgehead atoms. The van der Waals surface area contributed by atoms with Gasteiger partial charge in [-0.15, -0.1) is 0 Å². The Morgan fingerprint density at radius 1 is 0.889 bits per heavy atom. The first kappa shape index (κ1) is 12.6. The number of allylic oxidation sites excluding steroid dienone is 1. The molecule has 18 heavy (non-hydrogen) atoms. The third-order valence-electron chi connectivity index (χ3n) is 3.39. The molecule has 2 aromatic rings. The summed E-state index contributed by atoms with van der Waals surface area (Å²) in [6, 6.07) is 19.6. The molecule has 1 nitrogen and oxygen atoms in total. The fraction of sp³-hybridized carbons (Fsp3) is 0.176. The standard InChI is InChI=1S/C17H18O/c1-3-14(2)17(18,15-10-6-4-7-11-15)16-12-8-5-9-13-16/h3-13,18H,1-2H3/b14-3+. The largest absolute Gasteiger partial charge is 0.376 e. The molecule has 2 rings (SSSR count). The molecule has 1 heteroatoms. The average molecular weight is 238 g/mol. The molecule has 0 atom stereocenters. The van der Waals surface area contributed by atoms with E-state index >= 15 is 0 Å². The fourth-order valence-corrected chi connectivity index (χ4v) is 2.19. The summed E-state index contributed by atoms with van der Waals surface area (Å²) < 4.78 is 0. The Kier molecular flexibility index (Phi) is 3.63. The molecular formula is C17H18O. The summed E-state index contributed by atoms with van der Waals surface area (Å²) in [6.07, 6.45) is 1.96. The summed E-state index contributed by atoms with van der Waals surface area (Å²) >= 11 is 0. The highest BCUT2D eigenvalue weighted by Crippen LogP contribution is 2.36. The molecule has 92 valence electrons. The Balaban J connectivity index is 2.63. The minimum Gasteiger partial charge on any atom is -0.376 e. The van der Waals surface area contributed by atoms with Crippen LogP contribution in [0.2, 0.25) is 0 Å². The van der Waals surface area contributed by atoms with E-state index in [1.807, 2.05) is 80.6 Å². The number of rotatable bonds is 3. The average Bonchev–Trinajstić information content (AvgIpc) is 2.47. The maximum absolute atomic E-state index is 11.2. The first-order valence-electron chi connectivity index (χ1n) is 6.16. The maximum atomic E-state index is 11.2. The van der Waals surface area contributed by atoms with Crippen LogP contribution in [-0.2, 0) is 5.60 Å². The molecule has 0 amide bonds. The van der Waals surface area contributed by atoms with Gasteiger partial charge in [-0.1, -0.05) is 66.7 Å². The van der Waals surface area contributed by atoms with E-state index in [2.05, 4.69) is 0 Å². The van der Waals surface area contributed by atoms with Gasteiger partial charge in [0.05, 0.1) is 0 Å². The first-order chi connectivity index (χ1) is 8.69. The van der Waals surface area contributed by atoms with Crippen LogP contribution in [0.15, 0.2) is 72.3 Å². The summed E-state index contributed by atoms with van der Waals surface area (Å²) in [5.41, 5.74) is 1.68. The van der Waals surface area contributed by atoms with E-state index in [1.54, 1.807) is 0 Å². The lowest BCUT2D eigenvalue weighted by Gasteiger charge is -2.30. The lowest BCUT2D eigenvalue weighted by Crippen LogP contribution is -2.28. The van der Waals surface area contributed by atoms with Crippen LogP contribution in [0, 0.1) is 0 Å². The Morgan fingerprint density at radius 3 is 1.61 bits per heavy atom. The van der Waals surface area contributed by atoms with Crippen molar-refractivity contribution in [2.75, 3.05) is 0 Å². The SMILES string of the molecule is C/C=C(\C)C(O)(c1ccccc1)c1ccccc1. The van der Waals surface area contributed by atoms with Crippen molar-refractivity contribution in [3.8, 4) is 0 Å².